The zero-order valence-corrected chi connectivity index (χ0v) is 16.9. The van der Waals surface area contributed by atoms with E-state index >= 15 is 0 Å². The fraction of sp³-hybridized carbons (Fsp3) is 0.409. The molecule has 1 aromatic carbocycles. The first-order valence-electron chi connectivity index (χ1n) is 10.0. The lowest BCUT2D eigenvalue weighted by Crippen LogP contribution is -2.37. The van der Waals surface area contributed by atoms with Crippen molar-refractivity contribution in [2.75, 3.05) is 0 Å². The van der Waals surface area contributed by atoms with Crippen molar-refractivity contribution in [2.45, 2.75) is 57.9 Å². The van der Waals surface area contributed by atoms with Crippen molar-refractivity contribution in [1.29, 1.82) is 0 Å². The van der Waals surface area contributed by atoms with Crippen molar-refractivity contribution in [3.63, 3.8) is 0 Å². The Morgan fingerprint density at radius 2 is 2.00 bits per heavy atom. The van der Waals surface area contributed by atoms with Crippen LogP contribution in [0.3, 0.4) is 0 Å². The molecule has 5 nitrogen and oxygen atoms in total. The Bertz CT molecular complexity index is 1040. The summed E-state index contributed by atoms with van der Waals surface area (Å²) < 4.78 is 1.68. The van der Waals surface area contributed by atoms with Gasteiger partial charge in [0.15, 0.2) is 4.96 Å². The van der Waals surface area contributed by atoms with Crippen molar-refractivity contribution in [2.24, 2.45) is 0 Å². The average molecular weight is 396 g/mol. The van der Waals surface area contributed by atoms with Crippen molar-refractivity contribution in [3.8, 4) is 0 Å². The number of aromatic nitrogens is 2. The van der Waals surface area contributed by atoms with Crippen LogP contribution < -0.4 is 10.9 Å². The van der Waals surface area contributed by atoms with E-state index < -0.39 is 0 Å². The second-order valence-corrected chi connectivity index (χ2v) is 8.59. The molecule has 2 heterocycles. The minimum Gasteiger partial charge on any atom is -0.349 e. The maximum absolute atomic E-state index is 13.0. The molecular formula is C22H25N3O2S. The zero-order chi connectivity index (χ0) is 19.5. The van der Waals surface area contributed by atoms with Crippen LogP contribution in [0, 0.1) is 0 Å². The van der Waals surface area contributed by atoms with Gasteiger partial charge in [-0.2, -0.15) is 0 Å². The number of carbonyl (C=O) groups excluding carboxylic acids is 1. The minimum atomic E-state index is -0.332. The van der Waals surface area contributed by atoms with Gasteiger partial charge in [0.25, 0.3) is 11.5 Å². The molecule has 0 unspecified atom stereocenters. The Kier molecular flexibility index (Phi) is 5.57. The molecule has 0 saturated carbocycles. The molecule has 1 amide bonds. The molecule has 1 aliphatic carbocycles. The average Bonchev–Trinajstić information content (AvgIpc) is 2.90. The molecule has 0 radical (unpaired) electrons. The lowest BCUT2D eigenvalue weighted by molar-refractivity contribution is 0.0936. The first-order valence-corrected chi connectivity index (χ1v) is 10.8. The van der Waals surface area contributed by atoms with Crippen molar-refractivity contribution >= 4 is 22.2 Å². The molecule has 0 aliphatic heterocycles. The summed E-state index contributed by atoms with van der Waals surface area (Å²) >= 11 is 1.59. The smallest absolute Gasteiger partial charge is 0.271 e. The van der Waals surface area contributed by atoms with Crippen LogP contribution in [0.25, 0.3) is 4.96 Å². The summed E-state index contributed by atoms with van der Waals surface area (Å²) in [5.74, 6) is -0.332. The predicted octanol–water partition coefficient (Wildman–Crippen LogP) is 3.78. The van der Waals surface area contributed by atoms with Gasteiger partial charge >= 0.3 is 0 Å². The Labute approximate surface area is 168 Å². The molecule has 0 spiro atoms. The molecule has 4 rings (SSSR count). The quantitative estimate of drug-likeness (QED) is 0.669. The van der Waals surface area contributed by atoms with E-state index in [9.17, 15) is 9.59 Å². The summed E-state index contributed by atoms with van der Waals surface area (Å²) in [6, 6.07) is 10.2. The maximum Gasteiger partial charge on any atom is 0.271 e. The molecule has 1 N–H and O–H groups in total. The predicted molar refractivity (Wildman–Crippen MR) is 112 cm³/mol. The lowest BCUT2D eigenvalue weighted by Gasteiger charge is -2.13. The first-order chi connectivity index (χ1) is 13.6. The second-order valence-electron chi connectivity index (χ2n) is 7.53. The molecule has 3 aromatic rings. The topological polar surface area (TPSA) is 63.5 Å². The number of hydrogen-bond donors (Lipinski definition) is 1. The summed E-state index contributed by atoms with van der Waals surface area (Å²) in [6.45, 7) is 1.97. The molecule has 1 aliphatic rings. The standard InChI is InChI=1S/C22H25N3O2S/c1-15(12-13-16-8-4-2-5-9-16)24-20(26)17-14-23-22-25(21(17)27)18-10-6-3-7-11-19(18)28-22/h2,4-5,8-9,14-15H,3,6-7,10-13H2,1H3,(H,24,26)/t15-/m1/s1. The van der Waals surface area contributed by atoms with Crippen LogP contribution >= 0.6 is 11.3 Å². The SMILES string of the molecule is C[C@H](CCc1ccccc1)NC(=O)c1cnc2sc3c(n2c1=O)CCCCC3. The third kappa shape index (κ3) is 3.87. The molecular weight excluding hydrogens is 370 g/mol. The third-order valence-corrected chi connectivity index (χ3v) is 6.54. The highest BCUT2D eigenvalue weighted by Crippen LogP contribution is 2.27. The normalized spacial score (nSPS) is 15.0. The summed E-state index contributed by atoms with van der Waals surface area (Å²) in [5, 5.41) is 2.97. The Balaban J connectivity index is 1.51. The molecule has 0 bridgehead atoms. The summed E-state index contributed by atoms with van der Waals surface area (Å²) in [4.78, 5) is 32.1. The van der Waals surface area contributed by atoms with E-state index in [1.807, 2.05) is 25.1 Å². The van der Waals surface area contributed by atoms with Crippen LogP contribution in [0.2, 0.25) is 0 Å². The molecule has 6 heteroatoms. The summed E-state index contributed by atoms with van der Waals surface area (Å²) in [7, 11) is 0. The number of carbonyl (C=O) groups is 1. The monoisotopic (exact) mass is 395 g/mol. The van der Waals surface area contributed by atoms with Crippen LogP contribution in [-0.4, -0.2) is 21.3 Å². The number of nitrogens with zero attached hydrogens (tertiary/aromatic N) is 2. The number of thiazole rings is 1. The van der Waals surface area contributed by atoms with Gasteiger partial charge in [0.05, 0.1) is 0 Å². The molecule has 0 saturated heterocycles. The lowest BCUT2D eigenvalue weighted by atomic mass is 10.1. The number of amides is 1. The minimum absolute atomic E-state index is 0.0209. The van der Waals surface area contributed by atoms with Gasteiger partial charge < -0.3 is 5.32 Å². The van der Waals surface area contributed by atoms with Crippen LogP contribution in [0.5, 0.6) is 0 Å². The second kappa shape index (κ2) is 8.27. The van der Waals surface area contributed by atoms with Gasteiger partial charge in [-0.15, -0.1) is 11.3 Å². The van der Waals surface area contributed by atoms with Gasteiger partial charge in [-0.1, -0.05) is 36.8 Å². The Morgan fingerprint density at radius 3 is 2.82 bits per heavy atom. The zero-order valence-electron chi connectivity index (χ0n) is 16.1. The Hall–Kier alpha value is -2.47. The van der Waals surface area contributed by atoms with Crippen LogP contribution in [0.15, 0.2) is 41.3 Å². The number of hydrogen-bond acceptors (Lipinski definition) is 4. The molecule has 0 fully saturated rings. The Morgan fingerprint density at radius 1 is 1.21 bits per heavy atom. The maximum atomic E-state index is 13.0. The van der Waals surface area contributed by atoms with E-state index in [2.05, 4.69) is 22.4 Å². The van der Waals surface area contributed by atoms with Gasteiger partial charge in [0.1, 0.15) is 5.56 Å². The van der Waals surface area contributed by atoms with Crippen molar-refractivity contribution in [3.05, 3.63) is 68.6 Å². The van der Waals surface area contributed by atoms with Gasteiger partial charge in [-0.05, 0) is 51.0 Å². The van der Waals surface area contributed by atoms with Gasteiger partial charge in [0.2, 0.25) is 0 Å². The molecule has 146 valence electrons. The van der Waals surface area contributed by atoms with Gasteiger partial charge in [-0.25, -0.2) is 4.98 Å². The van der Waals surface area contributed by atoms with E-state index in [0.717, 1.165) is 44.2 Å². The van der Waals surface area contributed by atoms with Crippen LogP contribution in [-0.2, 0) is 19.3 Å². The highest BCUT2D eigenvalue weighted by Gasteiger charge is 2.21. The number of fused-ring (bicyclic) bond motifs is 3. The summed E-state index contributed by atoms with van der Waals surface area (Å²) in [6.07, 6.45) is 8.45. The van der Waals surface area contributed by atoms with E-state index in [4.69, 9.17) is 0 Å². The number of benzene rings is 1. The number of nitrogens with one attached hydrogen (secondary N) is 1. The van der Waals surface area contributed by atoms with Gasteiger partial charge in [-0.3, -0.25) is 14.0 Å². The first kappa shape index (κ1) is 18.9. The van der Waals surface area contributed by atoms with Crippen molar-refractivity contribution < 1.29 is 4.79 Å². The van der Waals surface area contributed by atoms with Crippen molar-refractivity contribution in [1.82, 2.24) is 14.7 Å². The van der Waals surface area contributed by atoms with Gasteiger partial charge in [0, 0.05) is 22.8 Å². The van der Waals surface area contributed by atoms with Crippen LogP contribution in [0.4, 0.5) is 0 Å². The fourth-order valence-corrected chi connectivity index (χ4v) is 4.97. The molecule has 1 atom stereocenters. The fourth-order valence-electron chi connectivity index (χ4n) is 3.80. The van der Waals surface area contributed by atoms with E-state index in [-0.39, 0.29) is 23.1 Å². The van der Waals surface area contributed by atoms with E-state index in [1.165, 1.54) is 23.1 Å². The third-order valence-electron chi connectivity index (χ3n) is 5.38. The number of aryl methyl sites for hydroxylation is 3. The van der Waals surface area contributed by atoms with Crippen LogP contribution in [0.1, 0.15) is 59.1 Å². The largest absolute Gasteiger partial charge is 0.349 e. The molecule has 2 aromatic heterocycles. The van der Waals surface area contributed by atoms with E-state index in [1.54, 1.807) is 15.7 Å². The number of rotatable bonds is 5. The van der Waals surface area contributed by atoms with E-state index in [0.29, 0.717) is 4.96 Å². The highest BCUT2D eigenvalue weighted by molar-refractivity contribution is 7.17. The highest BCUT2D eigenvalue weighted by atomic mass is 32.1. The summed E-state index contributed by atoms with van der Waals surface area (Å²) in [5.41, 5.74) is 2.19. The molecule has 28 heavy (non-hydrogen) atoms.